The maximum absolute atomic E-state index is 11.5. The lowest BCUT2D eigenvalue weighted by molar-refractivity contribution is -0.118. The number of rotatable bonds is 8. The third kappa shape index (κ3) is 18.2. The highest BCUT2D eigenvalue weighted by molar-refractivity contribution is 9.10. The molecule has 5 nitrogen and oxygen atoms in total. The SMILES string of the molecule is CC.CC.CC.CC(=O)C1CC1c1ccccc1.CC(=O)CCCC(=O)c1ccccc1.CC(=O)c1cncc(Br)c1. The molecular weight excluding hydrogens is 590 g/mol. The summed E-state index contributed by atoms with van der Waals surface area (Å²) in [7, 11) is 0. The molecule has 0 saturated heterocycles. The van der Waals surface area contributed by atoms with Crippen LogP contribution < -0.4 is 0 Å². The largest absolute Gasteiger partial charge is 0.300 e. The number of pyridine rings is 1. The molecule has 0 aliphatic heterocycles. The summed E-state index contributed by atoms with van der Waals surface area (Å²) in [4.78, 5) is 47.7. The monoisotopic (exact) mass is 639 g/mol. The second-order valence-electron chi connectivity index (χ2n) is 8.76. The molecule has 1 heterocycles. The van der Waals surface area contributed by atoms with Gasteiger partial charge in [0, 0.05) is 46.8 Å². The zero-order chi connectivity index (χ0) is 32.5. The summed E-state index contributed by atoms with van der Waals surface area (Å²) >= 11 is 3.22. The second kappa shape index (κ2) is 25.5. The first-order valence-electron chi connectivity index (χ1n) is 14.9. The Kier molecular flexibility index (Phi) is 24.8. The van der Waals surface area contributed by atoms with Gasteiger partial charge in [0.05, 0.1) is 0 Å². The van der Waals surface area contributed by atoms with Crippen molar-refractivity contribution in [3.05, 3.63) is 100 Å². The van der Waals surface area contributed by atoms with Crippen molar-refractivity contribution in [2.45, 2.75) is 93.9 Å². The van der Waals surface area contributed by atoms with Gasteiger partial charge < -0.3 is 4.79 Å². The molecule has 2 atom stereocenters. The number of Topliss-reactive ketones (excluding diaryl/α,β-unsaturated/α-hetero) is 4. The average Bonchev–Trinajstić information content (AvgIpc) is 3.83. The van der Waals surface area contributed by atoms with E-state index in [-0.39, 0.29) is 17.3 Å². The van der Waals surface area contributed by atoms with Crippen LogP contribution in [0.3, 0.4) is 0 Å². The molecule has 3 aromatic rings. The summed E-state index contributed by atoms with van der Waals surface area (Å²) < 4.78 is 0.834. The normalized spacial score (nSPS) is 13.6. The van der Waals surface area contributed by atoms with Crippen LogP contribution in [0.2, 0.25) is 0 Å². The van der Waals surface area contributed by atoms with Gasteiger partial charge in [-0.2, -0.15) is 0 Å². The molecule has 42 heavy (non-hydrogen) atoms. The number of carbonyl (C=O) groups excluding carboxylic acids is 4. The van der Waals surface area contributed by atoms with E-state index in [0.717, 1.165) is 16.5 Å². The maximum atomic E-state index is 11.5. The standard InChI is InChI=1S/C12H14O2.C11H12O.C7H6BrNO.3C2H6/c1-10(13)6-5-9-12(14)11-7-3-2-4-8-11;1-8(12)10-7-11(10)9-5-3-2-4-6-9;1-5(10)6-2-7(8)4-9-3-6;3*1-2/h2-4,7-8H,5-6,9H2,1H3;2-6,10-11H,7H2,1H3;2-4H,1H3;3*1-2H3. The predicted octanol–water partition coefficient (Wildman–Crippen LogP) is 10.1. The molecule has 1 aromatic heterocycles. The Morgan fingerprint density at radius 1 is 0.738 bits per heavy atom. The molecule has 2 aromatic carbocycles. The molecule has 0 bridgehead atoms. The van der Waals surface area contributed by atoms with Crippen LogP contribution in [0.15, 0.2) is 83.6 Å². The topological polar surface area (TPSA) is 81.2 Å². The summed E-state index contributed by atoms with van der Waals surface area (Å²) in [5, 5.41) is 0. The highest BCUT2D eigenvalue weighted by Crippen LogP contribution is 2.47. The Morgan fingerprint density at radius 2 is 1.26 bits per heavy atom. The smallest absolute Gasteiger partial charge is 0.162 e. The zero-order valence-electron chi connectivity index (χ0n) is 26.9. The van der Waals surface area contributed by atoms with Crippen LogP contribution in [0, 0.1) is 5.92 Å². The molecular formula is C36H50BrNO4. The fourth-order valence-electron chi connectivity index (χ4n) is 3.58. The highest BCUT2D eigenvalue weighted by atomic mass is 79.9. The van der Waals surface area contributed by atoms with Gasteiger partial charge in [0.1, 0.15) is 11.6 Å². The lowest BCUT2D eigenvalue weighted by Crippen LogP contribution is -2.00. The Balaban J connectivity index is 0. The Labute approximate surface area is 262 Å². The van der Waals surface area contributed by atoms with E-state index in [1.807, 2.05) is 77.9 Å². The minimum Gasteiger partial charge on any atom is -0.300 e. The van der Waals surface area contributed by atoms with Crippen molar-refractivity contribution >= 4 is 39.1 Å². The van der Waals surface area contributed by atoms with Crippen LogP contribution in [-0.2, 0) is 9.59 Å². The number of ketones is 4. The molecule has 6 heteroatoms. The fraction of sp³-hybridized carbons (Fsp3) is 0.417. The third-order valence-corrected chi connectivity index (χ3v) is 6.11. The van der Waals surface area contributed by atoms with Crippen LogP contribution in [0.4, 0.5) is 0 Å². The van der Waals surface area contributed by atoms with Gasteiger partial charge in [0.25, 0.3) is 0 Å². The van der Waals surface area contributed by atoms with E-state index in [1.165, 1.54) is 12.5 Å². The third-order valence-electron chi connectivity index (χ3n) is 5.68. The van der Waals surface area contributed by atoms with Crippen LogP contribution in [0.5, 0.6) is 0 Å². The van der Waals surface area contributed by atoms with E-state index in [4.69, 9.17) is 0 Å². The van der Waals surface area contributed by atoms with Crippen LogP contribution in [-0.4, -0.2) is 28.1 Å². The van der Waals surface area contributed by atoms with E-state index in [1.54, 1.807) is 44.4 Å². The summed E-state index contributed by atoms with van der Waals surface area (Å²) in [5.74, 6) is 1.46. The van der Waals surface area contributed by atoms with Crippen molar-refractivity contribution in [2.24, 2.45) is 5.92 Å². The number of hydrogen-bond acceptors (Lipinski definition) is 5. The van der Waals surface area contributed by atoms with Gasteiger partial charge in [-0.25, -0.2) is 0 Å². The van der Waals surface area contributed by atoms with Crippen molar-refractivity contribution in [3.8, 4) is 0 Å². The van der Waals surface area contributed by atoms with Crippen molar-refractivity contribution in [1.82, 2.24) is 4.98 Å². The Bertz CT molecular complexity index is 1160. The first-order valence-corrected chi connectivity index (χ1v) is 15.7. The van der Waals surface area contributed by atoms with Crippen molar-refractivity contribution in [1.29, 1.82) is 0 Å². The number of carbonyl (C=O) groups is 4. The highest BCUT2D eigenvalue weighted by Gasteiger charge is 2.41. The van der Waals surface area contributed by atoms with E-state index >= 15 is 0 Å². The summed E-state index contributed by atoms with van der Waals surface area (Å²) in [6, 6.07) is 21.2. The first-order chi connectivity index (χ1) is 20.2. The number of halogens is 1. The number of hydrogen-bond donors (Lipinski definition) is 0. The van der Waals surface area contributed by atoms with E-state index in [2.05, 4.69) is 33.0 Å². The minimum atomic E-state index is 0.0359. The van der Waals surface area contributed by atoms with Crippen LogP contribution in [0.1, 0.15) is 120 Å². The molecule has 1 fully saturated rings. The molecule has 1 aliphatic carbocycles. The van der Waals surface area contributed by atoms with E-state index in [0.29, 0.717) is 42.4 Å². The molecule has 1 saturated carbocycles. The summed E-state index contributed by atoms with van der Waals surface area (Å²) in [5.41, 5.74) is 2.68. The molecule has 4 rings (SSSR count). The lowest BCUT2D eigenvalue weighted by Gasteiger charge is -1.98. The molecule has 0 N–H and O–H groups in total. The van der Waals surface area contributed by atoms with Crippen molar-refractivity contribution in [2.75, 3.05) is 0 Å². The van der Waals surface area contributed by atoms with Gasteiger partial charge in [-0.15, -0.1) is 0 Å². The average molecular weight is 641 g/mol. The molecule has 0 spiro atoms. The van der Waals surface area contributed by atoms with E-state index in [9.17, 15) is 19.2 Å². The maximum Gasteiger partial charge on any atom is 0.162 e. The number of benzene rings is 2. The molecule has 0 radical (unpaired) electrons. The van der Waals surface area contributed by atoms with Gasteiger partial charge in [0.15, 0.2) is 11.6 Å². The number of aromatic nitrogens is 1. The summed E-state index contributed by atoms with van der Waals surface area (Å²) in [6.07, 6.45) is 5.87. The van der Waals surface area contributed by atoms with Gasteiger partial charge in [-0.3, -0.25) is 19.4 Å². The van der Waals surface area contributed by atoms with E-state index < -0.39 is 0 Å². The molecule has 230 valence electrons. The van der Waals surface area contributed by atoms with Crippen molar-refractivity contribution in [3.63, 3.8) is 0 Å². The van der Waals surface area contributed by atoms with Crippen molar-refractivity contribution < 1.29 is 19.2 Å². The van der Waals surface area contributed by atoms with Gasteiger partial charge in [-0.1, -0.05) is 102 Å². The predicted molar refractivity (Wildman–Crippen MR) is 179 cm³/mol. The van der Waals surface area contributed by atoms with Crippen LogP contribution in [0.25, 0.3) is 0 Å². The minimum absolute atomic E-state index is 0.0359. The Hall–Kier alpha value is -3.25. The lowest BCUT2D eigenvalue weighted by atomic mass is 10.0. The van der Waals surface area contributed by atoms with Gasteiger partial charge >= 0.3 is 0 Å². The molecule has 0 amide bonds. The zero-order valence-corrected chi connectivity index (χ0v) is 28.5. The van der Waals surface area contributed by atoms with Gasteiger partial charge in [-0.05, 0) is 67.1 Å². The molecule has 1 aliphatic rings. The first kappa shape index (κ1) is 40.9. The second-order valence-corrected chi connectivity index (χ2v) is 9.68. The number of nitrogens with zero attached hydrogens (tertiary/aromatic N) is 1. The fourth-order valence-corrected chi connectivity index (χ4v) is 3.95. The Morgan fingerprint density at radius 3 is 1.67 bits per heavy atom. The van der Waals surface area contributed by atoms with Gasteiger partial charge in [0.2, 0.25) is 0 Å². The molecule has 2 unspecified atom stereocenters. The quantitative estimate of drug-likeness (QED) is 0.229. The van der Waals surface area contributed by atoms with Crippen LogP contribution >= 0.6 is 15.9 Å². The summed E-state index contributed by atoms with van der Waals surface area (Å²) in [6.45, 7) is 16.8.